The van der Waals surface area contributed by atoms with Gasteiger partial charge in [0.1, 0.15) is 48.3 Å². The van der Waals surface area contributed by atoms with E-state index in [9.17, 15) is 72.2 Å². The molecule has 0 spiro atoms. The first-order valence-electron chi connectivity index (χ1n) is 25.6. The number of aromatic nitrogens is 2. The lowest BCUT2D eigenvalue weighted by molar-refractivity contribution is -0.144. The lowest BCUT2D eigenvalue weighted by Gasteiger charge is -2.28. The average molecular weight is 1160 g/mol. The van der Waals surface area contributed by atoms with Crippen LogP contribution >= 0.6 is 12.6 Å². The Balaban J connectivity index is 2.54. The second kappa shape index (κ2) is 35.0. The summed E-state index contributed by atoms with van der Waals surface area (Å²) >= 11 is 4.03. The molecular weight excluding hydrogens is 1080 g/mol. The number of H-pyrrole nitrogens is 1. The number of carboxylic acids is 1. The predicted molar refractivity (Wildman–Crippen MR) is 289 cm³/mol. The van der Waals surface area contributed by atoms with Crippen molar-refractivity contribution in [2.45, 2.75) is 152 Å². The molecule has 32 heteroatoms. The van der Waals surface area contributed by atoms with Crippen LogP contribution < -0.4 is 76.9 Å². The van der Waals surface area contributed by atoms with Crippen molar-refractivity contribution in [3.63, 3.8) is 0 Å². The first-order chi connectivity index (χ1) is 38.1. The van der Waals surface area contributed by atoms with Crippen LogP contribution in [0.25, 0.3) is 0 Å². The van der Waals surface area contributed by atoms with Crippen LogP contribution in [0.5, 0.6) is 0 Å². The molecule has 0 aliphatic rings. The molecule has 22 N–H and O–H groups in total. The molecule has 0 bridgehead atoms. The van der Waals surface area contributed by atoms with Gasteiger partial charge in [-0.05, 0) is 43.6 Å². The van der Waals surface area contributed by atoms with E-state index in [0.29, 0.717) is 12.0 Å². The molecule has 31 nitrogen and oxygen atoms in total. The van der Waals surface area contributed by atoms with Gasteiger partial charge in [-0.3, -0.25) is 62.3 Å². The molecule has 1 aromatic carbocycles. The van der Waals surface area contributed by atoms with E-state index >= 15 is 0 Å². The predicted octanol–water partition coefficient (Wildman–Crippen LogP) is -6.21. The molecule has 0 saturated carbocycles. The van der Waals surface area contributed by atoms with E-state index in [1.165, 1.54) is 12.5 Å². The van der Waals surface area contributed by atoms with Crippen molar-refractivity contribution in [3.8, 4) is 0 Å². The molecule has 0 unspecified atom stereocenters. The fourth-order valence-electron chi connectivity index (χ4n) is 7.59. The number of carboxylic acid groups (broad SMARTS) is 1. The topological polar surface area (TPSA) is 540 Å². The molecule has 10 atom stereocenters. The quantitative estimate of drug-likeness (QED) is 0.0277. The number of aliphatic carboxylic acids is 1. The van der Waals surface area contributed by atoms with Crippen LogP contribution in [0.2, 0.25) is 0 Å². The Labute approximate surface area is 470 Å². The van der Waals surface area contributed by atoms with Crippen LogP contribution in [0.4, 0.5) is 0 Å². The largest absolute Gasteiger partial charge is 0.480 e. The Hall–Kier alpha value is -8.68. The number of primary amides is 5. The molecule has 446 valence electrons. The standard InChI is InChI=1S/C49H74N16O15S/c1-3-24(2)40(49(79)80)65-46(76)32(13-18-39(55)70)62-48(78)34(20-26-21-56-23-57-26)64-45(75)31(12-17-38(54)69)60-43(73)29(10-15-36(52)67)58-42(72)28(9-14-35(51)66)59-44(74)30(11-16-37(53)68)61-47(77)33(63-41(71)27(50)22-81)19-25-7-5-4-6-8-25/h4-8,21,23-24,27-34,40,81H,3,9-20,22,50H2,1-2H3,(H2,51,66)(H2,52,67)(H2,53,68)(H2,54,69)(H2,55,70)(H,56,57)(H,58,72)(H,59,74)(H,60,73)(H,61,77)(H,62,78)(H,63,71)(H,64,75)(H,65,76)(H,79,80)/t24-,27-,28-,29-,30-,31-,32-,33-,34-,40-/m0/s1. The number of hydrogen-bond donors (Lipinski definition) is 17. The summed E-state index contributed by atoms with van der Waals surface area (Å²) in [6.45, 7) is 3.25. The van der Waals surface area contributed by atoms with Crippen LogP contribution in [0.3, 0.4) is 0 Å². The molecule has 1 aromatic heterocycles. The van der Waals surface area contributed by atoms with Crippen molar-refractivity contribution in [1.82, 2.24) is 52.5 Å². The van der Waals surface area contributed by atoms with E-state index in [1.807, 2.05) is 0 Å². The zero-order valence-corrected chi connectivity index (χ0v) is 45.6. The highest BCUT2D eigenvalue weighted by Crippen LogP contribution is 2.13. The van der Waals surface area contributed by atoms with Crippen molar-refractivity contribution < 1.29 is 72.2 Å². The Morgan fingerprint density at radius 3 is 1.14 bits per heavy atom. The number of thiol groups is 1. The fraction of sp³-hybridized carbons (Fsp3) is 0.531. The van der Waals surface area contributed by atoms with Crippen molar-refractivity contribution in [2.24, 2.45) is 40.3 Å². The summed E-state index contributed by atoms with van der Waals surface area (Å²) in [7, 11) is 0. The number of carbonyl (C=O) groups excluding carboxylic acids is 13. The number of nitrogens with one attached hydrogen (secondary N) is 9. The number of rotatable bonds is 39. The summed E-state index contributed by atoms with van der Waals surface area (Å²) < 4.78 is 0. The van der Waals surface area contributed by atoms with Gasteiger partial charge in [-0.2, -0.15) is 12.6 Å². The number of nitrogens with two attached hydrogens (primary N) is 6. The summed E-state index contributed by atoms with van der Waals surface area (Å²) in [5.41, 5.74) is 33.6. The number of amides is 13. The van der Waals surface area contributed by atoms with Gasteiger partial charge in [0, 0.05) is 62.6 Å². The fourth-order valence-corrected chi connectivity index (χ4v) is 7.76. The maximum Gasteiger partial charge on any atom is 0.326 e. The monoisotopic (exact) mass is 1160 g/mol. The van der Waals surface area contributed by atoms with Gasteiger partial charge < -0.3 is 87.0 Å². The average Bonchev–Trinajstić information content (AvgIpc) is 3.95. The van der Waals surface area contributed by atoms with Crippen LogP contribution in [0.15, 0.2) is 42.9 Å². The molecule has 2 aromatic rings. The van der Waals surface area contributed by atoms with Gasteiger partial charge in [0.25, 0.3) is 0 Å². The molecule has 2 rings (SSSR count). The van der Waals surface area contributed by atoms with Gasteiger partial charge in [0.15, 0.2) is 0 Å². The Bertz CT molecular complexity index is 2540. The minimum absolute atomic E-state index is 0.0969. The normalized spacial score (nSPS) is 14.6. The number of imidazole rings is 1. The van der Waals surface area contributed by atoms with E-state index in [4.69, 9.17) is 34.4 Å². The van der Waals surface area contributed by atoms with Crippen molar-refractivity contribution >= 4 is 95.4 Å². The summed E-state index contributed by atoms with van der Waals surface area (Å²) in [4.78, 5) is 190. The van der Waals surface area contributed by atoms with Crippen LogP contribution in [0.1, 0.15) is 95.7 Å². The number of carbonyl (C=O) groups is 14. The van der Waals surface area contributed by atoms with Gasteiger partial charge in [-0.15, -0.1) is 0 Å². The van der Waals surface area contributed by atoms with E-state index in [1.54, 1.807) is 44.2 Å². The van der Waals surface area contributed by atoms with Crippen molar-refractivity contribution in [1.29, 1.82) is 0 Å². The molecular formula is C49H74N16O15S. The van der Waals surface area contributed by atoms with E-state index in [2.05, 4.69) is 65.1 Å². The maximum absolute atomic E-state index is 14.2. The maximum atomic E-state index is 14.2. The van der Waals surface area contributed by atoms with Gasteiger partial charge in [0.2, 0.25) is 76.8 Å². The lowest BCUT2D eigenvalue weighted by atomic mass is 9.98. The number of aromatic amines is 1. The first-order valence-corrected chi connectivity index (χ1v) is 26.2. The van der Waals surface area contributed by atoms with E-state index < -0.39 is 207 Å². The van der Waals surface area contributed by atoms with E-state index in [0.717, 1.165) is 0 Å². The molecule has 1 heterocycles. The second-order valence-corrected chi connectivity index (χ2v) is 19.3. The summed E-state index contributed by atoms with van der Waals surface area (Å²) in [5.74, 6) is -15.2. The minimum Gasteiger partial charge on any atom is -0.480 e. The number of benzene rings is 1. The first kappa shape index (κ1) is 68.4. The third kappa shape index (κ3) is 25.8. The molecule has 0 aliphatic carbocycles. The second-order valence-electron chi connectivity index (χ2n) is 18.9. The smallest absolute Gasteiger partial charge is 0.326 e. The van der Waals surface area contributed by atoms with Gasteiger partial charge in [-0.25, -0.2) is 9.78 Å². The van der Waals surface area contributed by atoms with E-state index in [-0.39, 0.29) is 24.3 Å². The highest BCUT2D eigenvalue weighted by atomic mass is 32.1. The number of nitrogens with zero attached hydrogens (tertiary/aromatic N) is 1. The molecule has 0 fully saturated rings. The molecule has 0 aliphatic heterocycles. The number of hydrogen-bond acceptors (Lipinski definition) is 17. The zero-order chi connectivity index (χ0) is 60.9. The summed E-state index contributed by atoms with van der Waals surface area (Å²) in [6.07, 6.45) is -2.83. The highest BCUT2D eigenvalue weighted by molar-refractivity contribution is 7.80. The Morgan fingerprint density at radius 1 is 0.506 bits per heavy atom. The van der Waals surface area contributed by atoms with Gasteiger partial charge >= 0.3 is 5.97 Å². The lowest BCUT2D eigenvalue weighted by Crippen LogP contribution is -2.61. The molecule has 0 radical (unpaired) electrons. The molecule has 0 saturated heterocycles. The van der Waals surface area contributed by atoms with Crippen LogP contribution in [-0.4, -0.2) is 158 Å². The zero-order valence-electron chi connectivity index (χ0n) is 44.7. The summed E-state index contributed by atoms with van der Waals surface area (Å²) in [5, 5.41) is 29.0. The highest BCUT2D eigenvalue weighted by Gasteiger charge is 2.36. The molecule has 13 amide bonds. The molecule has 81 heavy (non-hydrogen) atoms. The van der Waals surface area contributed by atoms with Gasteiger partial charge in [0.05, 0.1) is 12.4 Å². The Kier molecular flexibility index (Phi) is 29.6. The van der Waals surface area contributed by atoms with Crippen molar-refractivity contribution in [2.75, 3.05) is 5.75 Å². The van der Waals surface area contributed by atoms with Crippen molar-refractivity contribution in [3.05, 3.63) is 54.1 Å². The third-order valence-electron chi connectivity index (χ3n) is 12.4. The van der Waals surface area contributed by atoms with Gasteiger partial charge in [-0.1, -0.05) is 50.6 Å². The summed E-state index contributed by atoms with van der Waals surface area (Å²) in [6, 6.07) is -5.80. The van der Waals surface area contributed by atoms with Crippen LogP contribution in [0, 0.1) is 5.92 Å². The SMILES string of the molecule is CC[C@H](C)[C@H](NC(=O)[C@H](CCC(N)=O)NC(=O)[C@H](Cc1cnc[nH]1)NC(=O)[C@H](CCC(N)=O)NC(=O)[C@H](CCC(N)=O)NC(=O)[C@H](CCC(N)=O)NC(=O)[C@H](CCC(N)=O)NC(=O)[C@H](Cc1ccccc1)NC(=O)[C@@H](N)CS)C(=O)O. The Morgan fingerprint density at radius 2 is 0.827 bits per heavy atom. The van der Waals surface area contributed by atoms with Crippen LogP contribution in [-0.2, 0) is 80.0 Å². The third-order valence-corrected chi connectivity index (χ3v) is 12.8. The minimum atomic E-state index is -1.81.